The molecular formula is C20H20ClFIN5O3. The van der Waals surface area contributed by atoms with Crippen LogP contribution in [0.3, 0.4) is 0 Å². The summed E-state index contributed by atoms with van der Waals surface area (Å²) in [6, 6.07) is 5.07. The fourth-order valence-electron chi connectivity index (χ4n) is 3.45. The van der Waals surface area contributed by atoms with Crippen molar-refractivity contribution in [2.24, 2.45) is 0 Å². The first-order valence-electron chi connectivity index (χ1n) is 9.43. The van der Waals surface area contributed by atoms with Gasteiger partial charge in [0.2, 0.25) is 5.91 Å². The van der Waals surface area contributed by atoms with Gasteiger partial charge in [-0.25, -0.2) is 4.39 Å². The molecule has 0 radical (unpaired) electrons. The van der Waals surface area contributed by atoms with Gasteiger partial charge in [-0.05, 0) is 35.6 Å². The standard InChI is InChI=1S/C20H20ClFIN5O3/c1-12-20(21)15(9-22)25-28(12)11-19(30)27-5-3-26(4-6-27)16-8-18(31-2)14(23)7-13(16)17(29)10-24/h7-8H,3-6,9,11H2,1-2H3. The lowest BCUT2D eigenvalue weighted by Gasteiger charge is -2.37. The first kappa shape index (κ1) is 23.3. The number of carbonyl (C=O) groups excluding carboxylic acids is 2. The summed E-state index contributed by atoms with van der Waals surface area (Å²) in [5.74, 6) is -0.164. The Hall–Kier alpha value is -2.39. The van der Waals surface area contributed by atoms with Crippen LogP contribution in [0.25, 0.3) is 0 Å². The Labute approximate surface area is 197 Å². The third kappa shape index (κ3) is 4.77. The molecule has 1 aromatic heterocycles. The Kier molecular flexibility index (Phi) is 7.38. The van der Waals surface area contributed by atoms with Crippen molar-refractivity contribution in [1.82, 2.24) is 14.7 Å². The summed E-state index contributed by atoms with van der Waals surface area (Å²) in [4.78, 5) is 28.5. The van der Waals surface area contributed by atoms with Gasteiger partial charge in [-0.2, -0.15) is 10.4 Å². The number of alkyl halides is 1. The molecular weight excluding hydrogens is 540 g/mol. The summed E-state index contributed by atoms with van der Waals surface area (Å²) >= 11 is 8.10. The molecule has 0 saturated carbocycles. The molecule has 31 heavy (non-hydrogen) atoms. The van der Waals surface area contributed by atoms with Gasteiger partial charge >= 0.3 is 0 Å². The zero-order valence-electron chi connectivity index (χ0n) is 17.0. The van der Waals surface area contributed by atoms with Crippen LogP contribution in [0.1, 0.15) is 21.7 Å². The molecule has 2 aromatic rings. The second-order valence-corrected chi connectivity index (χ2v) is 8.49. The summed E-state index contributed by atoms with van der Waals surface area (Å²) in [6.07, 6.45) is 0. The van der Waals surface area contributed by atoms with Crippen molar-refractivity contribution in [3.63, 3.8) is 0 Å². The third-order valence-corrected chi connectivity index (χ3v) is 6.54. The van der Waals surface area contributed by atoms with Crippen LogP contribution in [0.5, 0.6) is 5.75 Å². The molecule has 1 amide bonds. The number of aromatic nitrogens is 2. The number of nitriles is 1. The fourth-order valence-corrected chi connectivity index (χ4v) is 4.33. The van der Waals surface area contributed by atoms with Gasteiger partial charge in [-0.1, -0.05) is 11.6 Å². The molecule has 0 aliphatic carbocycles. The molecule has 0 atom stereocenters. The van der Waals surface area contributed by atoms with Gasteiger partial charge in [-0.3, -0.25) is 14.3 Å². The van der Waals surface area contributed by atoms with Crippen LogP contribution in [-0.2, 0) is 18.0 Å². The fraction of sp³-hybridized carbons (Fsp3) is 0.400. The first-order valence-corrected chi connectivity index (χ1v) is 10.9. The minimum atomic E-state index is -0.789. The Morgan fingerprint density at radius 1 is 1.32 bits per heavy atom. The topological polar surface area (TPSA) is 91.5 Å². The SMILES string of the molecule is COc1cc(N2CCN(C(=O)Cn3nc(CF)c(Cl)c3C)CC2)c(C(=O)C#N)cc1I. The van der Waals surface area contributed by atoms with Gasteiger partial charge in [0.05, 0.1) is 32.6 Å². The van der Waals surface area contributed by atoms with Gasteiger partial charge in [0.15, 0.2) is 0 Å². The average Bonchev–Trinajstić information content (AvgIpc) is 3.06. The van der Waals surface area contributed by atoms with Crippen LogP contribution in [0.4, 0.5) is 10.1 Å². The van der Waals surface area contributed by atoms with Gasteiger partial charge < -0.3 is 14.5 Å². The molecule has 2 heterocycles. The van der Waals surface area contributed by atoms with Crippen molar-refractivity contribution in [3.8, 4) is 11.8 Å². The van der Waals surface area contributed by atoms with Crippen molar-refractivity contribution in [1.29, 1.82) is 5.26 Å². The summed E-state index contributed by atoms with van der Waals surface area (Å²) in [7, 11) is 1.54. The maximum Gasteiger partial charge on any atom is 0.264 e. The van der Waals surface area contributed by atoms with E-state index in [4.69, 9.17) is 21.6 Å². The van der Waals surface area contributed by atoms with Gasteiger partial charge in [0, 0.05) is 32.2 Å². The maximum absolute atomic E-state index is 13.0. The van der Waals surface area contributed by atoms with E-state index in [9.17, 15) is 14.0 Å². The third-order valence-electron chi connectivity index (χ3n) is 5.20. The minimum absolute atomic E-state index is 0.0267. The Morgan fingerprint density at radius 3 is 2.55 bits per heavy atom. The second-order valence-electron chi connectivity index (χ2n) is 6.95. The van der Waals surface area contributed by atoms with Crippen LogP contribution in [0.2, 0.25) is 5.02 Å². The van der Waals surface area contributed by atoms with Crippen molar-refractivity contribution in [2.75, 3.05) is 38.2 Å². The Balaban J connectivity index is 1.73. The number of halogens is 3. The number of piperazine rings is 1. The van der Waals surface area contributed by atoms with Crippen molar-refractivity contribution < 1.29 is 18.7 Å². The predicted octanol–water partition coefficient (Wildman–Crippen LogP) is 2.98. The monoisotopic (exact) mass is 559 g/mol. The summed E-state index contributed by atoms with van der Waals surface area (Å²) in [5, 5.41) is 13.4. The van der Waals surface area contributed by atoms with Crippen LogP contribution in [0, 0.1) is 21.8 Å². The molecule has 8 nitrogen and oxygen atoms in total. The predicted molar refractivity (Wildman–Crippen MR) is 121 cm³/mol. The molecule has 3 rings (SSSR count). The lowest BCUT2D eigenvalue weighted by Crippen LogP contribution is -2.50. The molecule has 0 N–H and O–H groups in total. The normalized spacial score (nSPS) is 13.8. The number of rotatable bonds is 6. The molecule has 1 fully saturated rings. The van der Waals surface area contributed by atoms with Gasteiger partial charge in [-0.15, -0.1) is 0 Å². The summed E-state index contributed by atoms with van der Waals surface area (Å²) < 4.78 is 20.5. The van der Waals surface area contributed by atoms with Gasteiger partial charge in [0.1, 0.15) is 30.7 Å². The van der Waals surface area contributed by atoms with Crippen LogP contribution in [-0.4, -0.2) is 59.7 Å². The second kappa shape index (κ2) is 9.82. The van der Waals surface area contributed by atoms with Gasteiger partial charge in [0.25, 0.3) is 5.78 Å². The largest absolute Gasteiger partial charge is 0.496 e. The van der Waals surface area contributed by atoms with E-state index in [0.717, 1.165) is 3.57 Å². The molecule has 1 aliphatic rings. The maximum atomic E-state index is 13.0. The van der Waals surface area contributed by atoms with E-state index in [1.165, 1.54) is 4.68 Å². The number of nitrogens with zero attached hydrogens (tertiary/aromatic N) is 5. The number of benzene rings is 1. The van der Waals surface area contributed by atoms with E-state index >= 15 is 0 Å². The number of methoxy groups -OCH3 is 1. The zero-order valence-corrected chi connectivity index (χ0v) is 19.9. The van der Waals surface area contributed by atoms with Crippen LogP contribution >= 0.6 is 34.2 Å². The van der Waals surface area contributed by atoms with E-state index < -0.39 is 12.5 Å². The number of ketones is 1. The lowest BCUT2D eigenvalue weighted by atomic mass is 10.1. The lowest BCUT2D eigenvalue weighted by molar-refractivity contribution is -0.132. The highest BCUT2D eigenvalue weighted by Crippen LogP contribution is 2.32. The highest BCUT2D eigenvalue weighted by atomic mass is 127. The van der Waals surface area contributed by atoms with Crippen molar-refractivity contribution in [3.05, 3.63) is 37.7 Å². The molecule has 0 bridgehead atoms. The number of amides is 1. The zero-order chi connectivity index (χ0) is 22.7. The number of hydrogen-bond donors (Lipinski definition) is 0. The number of ether oxygens (including phenoxy) is 1. The Morgan fingerprint density at radius 2 is 2.00 bits per heavy atom. The number of anilines is 1. The molecule has 1 aromatic carbocycles. The molecule has 0 unspecified atom stereocenters. The average molecular weight is 560 g/mol. The highest BCUT2D eigenvalue weighted by Gasteiger charge is 2.26. The van der Waals surface area contributed by atoms with E-state index in [2.05, 4.69) is 27.7 Å². The smallest absolute Gasteiger partial charge is 0.264 e. The van der Waals surface area contributed by atoms with E-state index in [1.54, 1.807) is 37.1 Å². The minimum Gasteiger partial charge on any atom is -0.496 e. The van der Waals surface area contributed by atoms with Crippen LogP contribution < -0.4 is 9.64 Å². The van der Waals surface area contributed by atoms with Crippen molar-refractivity contribution >= 4 is 51.6 Å². The summed E-state index contributed by atoms with van der Waals surface area (Å²) in [6.45, 7) is 2.70. The first-order chi connectivity index (χ1) is 14.8. The summed E-state index contributed by atoms with van der Waals surface area (Å²) in [5.41, 5.74) is 1.59. The molecule has 11 heteroatoms. The Bertz CT molecular complexity index is 1060. The van der Waals surface area contributed by atoms with Crippen molar-refractivity contribution in [2.45, 2.75) is 20.1 Å². The van der Waals surface area contributed by atoms with E-state index in [1.807, 2.05) is 4.90 Å². The molecule has 164 valence electrons. The quantitative estimate of drug-likeness (QED) is 0.307. The number of Topliss-reactive ketones (excluding diaryl/α,β-unsaturated/α-hetero) is 1. The number of hydrogen-bond acceptors (Lipinski definition) is 6. The van der Waals surface area contributed by atoms with E-state index in [0.29, 0.717) is 48.9 Å². The van der Waals surface area contributed by atoms with Crippen LogP contribution in [0.15, 0.2) is 12.1 Å². The molecule has 1 saturated heterocycles. The molecule has 1 aliphatic heterocycles. The highest BCUT2D eigenvalue weighted by molar-refractivity contribution is 14.1. The molecule has 0 spiro atoms. The number of carbonyl (C=O) groups is 2. The van der Waals surface area contributed by atoms with E-state index in [-0.39, 0.29) is 23.2 Å².